The third kappa shape index (κ3) is 5.08. The molecule has 194 valence electrons. The molecule has 2 aliphatic heterocycles. The fraction of sp³-hybridized carbons (Fsp3) is 0.667. The number of nitrogens with zero attached hydrogens (tertiary/aromatic N) is 3. The number of carbonyl (C=O) groups is 1. The SMILES string of the molecule is CCN(CC)C(=O)N[C@H]1CC2c3cccc4[nH]c(C[N+]5(C)CCOCC5)c(c34)C[C@H]2N(CC)C1.[I-]. The smallest absolute Gasteiger partial charge is 0.317 e. The number of hydrogen-bond donors (Lipinski definition) is 2. The van der Waals surface area contributed by atoms with Gasteiger partial charge < -0.3 is 48.4 Å². The maximum Gasteiger partial charge on any atom is 0.317 e. The van der Waals surface area contributed by atoms with Crippen molar-refractivity contribution < 1.29 is 38.0 Å². The molecule has 1 aromatic heterocycles. The fourth-order valence-corrected chi connectivity index (χ4v) is 6.66. The lowest BCUT2D eigenvalue weighted by Gasteiger charge is -2.47. The Balaban J connectivity index is 0.00000289. The minimum Gasteiger partial charge on any atom is -1.00 e. The molecule has 2 saturated heterocycles. The van der Waals surface area contributed by atoms with Crippen molar-refractivity contribution in [1.82, 2.24) is 20.1 Å². The van der Waals surface area contributed by atoms with Gasteiger partial charge in [-0.3, -0.25) is 4.90 Å². The van der Waals surface area contributed by atoms with E-state index in [2.05, 4.69) is 47.4 Å². The van der Waals surface area contributed by atoms with Crippen molar-refractivity contribution >= 4 is 16.9 Å². The average Bonchev–Trinajstić information content (AvgIpc) is 3.17. The van der Waals surface area contributed by atoms with Gasteiger partial charge in [-0.2, -0.15) is 0 Å². The zero-order valence-corrected chi connectivity index (χ0v) is 23.9. The van der Waals surface area contributed by atoms with Crippen LogP contribution in [0, 0.1) is 0 Å². The standard InChI is InChI=1S/C27H41N5O2.HI/c1-5-30(6-2)27(33)28-19-15-21-20-9-8-10-23-26(20)22(16-25(21)31(7-3)17-19)24(29-23)18-32(4)11-13-34-14-12-32;/h8-10,19,21,25,29H,5-7,11-18H2,1-4H3;1H/t19-,21?,25+;/m0./s1. The average molecular weight is 596 g/mol. The summed E-state index contributed by atoms with van der Waals surface area (Å²) in [4.78, 5) is 21.2. The van der Waals surface area contributed by atoms with Crippen molar-refractivity contribution in [3.05, 3.63) is 35.0 Å². The third-order valence-corrected chi connectivity index (χ3v) is 8.66. The van der Waals surface area contributed by atoms with E-state index in [1.165, 1.54) is 27.7 Å². The number of fused-ring (bicyclic) bond motifs is 2. The second-order valence-electron chi connectivity index (χ2n) is 10.7. The van der Waals surface area contributed by atoms with E-state index in [1.54, 1.807) is 0 Å². The number of quaternary nitrogens is 1. The number of hydrogen-bond acceptors (Lipinski definition) is 3. The van der Waals surface area contributed by atoms with Gasteiger partial charge in [-0.15, -0.1) is 0 Å². The first-order valence-electron chi connectivity index (χ1n) is 13.3. The number of ether oxygens (including phenoxy) is 1. The Labute approximate surface area is 227 Å². The molecule has 7 nitrogen and oxygen atoms in total. The fourth-order valence-electron chi connectivity index (χ4n) is 6.66. The number of carbonyl (C=O) groups excluding carboxylic acids is 1. The van der Waals surface area contributed by atoms with Crippen LogP contribution in [-0.4, -0.2) is 96.9 Å². The van der Waals surface area contributed by atoms with Gasteiger partial charge in [0.2, 0.25) is 0 Å². The largest absolute Gasteiger partial charge is 1.00 e. The van der Waals surface area contributed by atoms with Gasteiger partial charge in [-0.1, -0.05) is 19.1 Å². The Bertz CT molecular complexity index is 1030. The predicted octanol–water partition coefficient (Wildman–Crippen LogP) is 0.303. The molecule has 3 atom stereocenters. The molecule has 35 heavy (non-hydrogen) atoms. The highest BCUT2D eigenvalue weighted by atomic mass is 127. The first-order valence-corrected chi connectivity index (χ1v) is 13.3. The first kappa shape index (κ1) is 26.7. The van der Waals surface area contributed by atoms with Crippen LogP contribution in [0.1, 0.15) is 49.9 Å². The molecule has 2 fully saturated rings. The van der Waals surface area contributed by atoms with E-state index in [4.69, 9.17) is 4.74 Å². The number of H-pyrrole nitrogens is 1. The molecule has 2 N–H and O–H groups in total. The summed E-state index contributed by atoms with van der Waals surface area (Å²) in [6.45, 7) is 14.7. The number of nitrogens with one attached hydrogen (secondary N) is 2. The monoisotopic (exact) mass is 595 g/mol. The van der Waals surface area contributed by atoms with Crippen LogP contribution >= 0.6 is 0 Å². The van der Waals surface area contributed by atoms with Crippen LogP contribution in [0.4, 0.5) is 4.79 Å². The second-order valence-corrected chi connectivity index (χ2v) is 10.7. The minimum absolute atomic E-state index is 0. The second kappa shape index (κ2) is 10.9. The molecule has 0 radical (unpaired) electrons. The molecular weight excluding hydrogens is 553 g/mol. The Kier molecular flexibility index (Phi) is 8.35. The number of amides is 2. The number of benzene rings is 1. The lowest BCUT2D eigenvalue weighted by atomic mass is 9.73. The van der Waals surface area contributed by atoms with Gasteiger partial charge in [0.1, 0.15) is 19.6 Å². The zero-order valence-electron chi connectivity index (χ0n) is 21.8. The summed E-state index contributed by atoms with van der Waals surface area (Å²) in [6, 6.07) is 7.55. The Morgan fingerprint density at radius 3 is 2.66 bits per heavy atom. The van der Waals surface area contributed by atoms with Gasteiger partial charge in [-0.05, 0) is 50.4 Å². The van der Waals surface area contributed by atoms with Gasteiger partial charge in [0.05, 0.1) is 26.0 Å². The summed E-state index contributed by atoms with van der Waals surface area (Å²) in [5, 5.41) is 4.81. The van der Waals surface area contributed by atoms with Gasteiger partial charge >= 0.3 is 6.03 Å². The molecular formula is C27H42IN5O2. The summed E-state index contributed by atoms with van der Waals surface area (Å²) in [5.41, 5.74) is 5.69. The maximum atomic E-state index is 12.8. The summed E-state index contributed by atoms with van der Waals surface area (Å²) in [7, 11) is 2.37. The lowest BCUT2D eigenvalue weighted by Crippen LogP contribution is -3.00. The molecule has 0 saturated carbocycles. The van der Waals surface area contributed by atoms with Gasteiger partial charge in [0, 0.05) is 48.5 Å². The molecule has 0 bridgehead atoms. The van der Waals surface area contributed by atoms with Crippen molar-refractivity contribution in [2.24, 2.45) is 0 Å². The predicted molar refractivity (Wildman–Crippen MR) is 136 cm³/mol. The van der Waals surface area contributed by atoms with Gasteiger partial charge in [0.25, 0.3) is 0 Å². The molecule has 3 aliphatic rings. The molecule has 2 aromatic rings. The molecule has 2 amide bonds. The van der Waals surface area contributed by atoms with Crippen LogP contribution in [0.25, 0.3) is 10.9 Å². The van der Waals surface area contributed by atoms with E-state index in [0.29, 0.717) is 12.0 Å². The van der Waals surface area contributed by atoms with Crippen LogP contribution < -0.4 is 29.3 Å². The highest BCUT2D eigenvalue weighted by Crippen LogP contribution is 2.45. The number of likely N-dealkylation sites (tertiary alicyclic amines) is 1. The number of piperidine rings is 1. The van der Waals surface area contributed by atoms with Crippen molar-refractivity contribution in [1.29, 1.82) is 0 Å². The quantitative estimate of drug-likeness (QED) is 0.374. The number of morpholine rings is 1. The zero-order chi connectivity index (χ0) is 23.9. The van der Waals surface area contributed by atoms with E-state index in [1.807, 2.05) is 18.7 Å². The summed E-state index contributed by atoms with van der Waals surface area (Å²) >= 11 is 0. The third-order valence-electron chi connectivity index (χ3n) is 8.66. The first-order chi connectivity index (χ1) is 16.5. The van der Waals surface area contributed by atoms with E-state index >= 15 is 0 Å². The molecule has 0 spiro atoms. The number of rotatable bonds is 6. The van der Waals surface area contributed by atoms with E-state index < -0.39 is 0 Å². The Hall–Kier alpha value is -1.36. The Morgan fingerprint density at radius 2 is 1.97 bits per heavy atom. The maximum absolute atomic E-state index is 12.8. The van der Waals surface area contributed by atoms with Gasteiger partial charge in [0.15, 0.2) is 0 Å². The molecule has 3 heterocycles. The van der Waals surface area contributed by atoms with Crippen molar-refractivity contribution in [2.75, 3.05) is 59.5 Å². The number of halogens is 1. The lowest BCUT2D eigenvalue weighted by molar-refractivity contribution is -0.929. The molecule has 5 rings (SSSR count). The number of urea groups is 1. The molecule has 1 aliphatic carbocycles. The van der Waals surface area contributed by atoms with Crippen LogP contribution in [0.2, 0.25) is 0 Å². The number of likely N-dealkylation sites (N-methyl/N-ethyl adjacent to an activating group) is 2. The van der Waals surface area contributed by atoms with Crippen LogP contribution in [0.3, 0.4) is 0 Å². The summed E-state index contributed by atoms with van der Waals surface area (Å²) in [6.07, 6.45) is 2.11. The van der Waals surface area contributed by atoms with E-state index in [0.717, 1.165) is 76.4 Å². The summed E-state index contributed by atoms with van der Waals surface area (Å²) < 4.78 is 6.69. The van der Waals surface area contributed by atoms with Crippen molar-refractivity contribution in [2.45, 2.75) is 58.2 Å². The normalized spacial score (nSPS) is 25.5. The van der Waals surface area contributed by atoms with Gasteiger partial charge in [-0.25, -0.2) is 4.79 Å². The van der Waals surface area contributed by atoms with E-state index in [9.17, 15) is 4.79 Å². The minimum atomic E-state index is 0. The van der Waals surface area contributed by atoms with Crippen LogP contribution in [0.15, 0.2) is 18.2 Å². The topological polar surface area (TPSA) is 60.6 Å². The highest BCUT2D eigenvalue weighted by molar-refractivity contribution is 5.89. The van der Waals surface area contributed by atoms with Crippen molar-refractivity contribution in [3.63, 3.8) is 0 Å². The van der Waals surface area contributed by atoms with Crippen LogP contribution in [-0.2, 0) is 17.7 Å². The summed E-state index contributed by atoms with van der Waals surface area (Å²) in [5.74, 6) is 0.448. The Morgan fingerprint density at radius 1 is 1.23 bits per heavy atom. The number of aromatic nitrogens is 1. The van der Waals surface area contributed by atoms with Crippen LogP contribution in [0.5, 0.6) is 0 Å². The molecule has 1 unspecified atom stereocenters. The highest BCUT2D eigenvalue weighted by Gasteiger charge is 2.42. The molecule has 1 aromatic carbocycles. The number of aromatic amines is 1. The molecule has 8 heteroatoms. The van der Waals surface area contributed by atoms with E-state index in [-0.39, 0.29) is 36.0 Å². The van der Waals surface area contributed by atoms with Crippen molar-refractivity contribution in [3.8, 4) is 0 Å².